The van der Waals surface area contributed by atoms with E-state index in [1.54, 1.807) is 17.5 Å². The molecule has 2 aromatic rings. The highest BCUT2D eigenvalue weighted by Gasteiger charge is 2.10. The Morgan fingerprint density at radius 3 is 2.94 bits per heavy atom. The fraction of sp³-hybridized carbons (Fsp3) is 0.333. The molecule has 0 aliphatic heterocycles. The second kappa shape index (κ2) is 5.67. The van der Waals surface area contributed by atoms with Crippen molar-refractivity contribution in [2.75, 3.05) is 5.32 Å². The highest BCUT2D eigenvalue weighted by molar-refractivity contribution is 9.10. The van der Waals surface area contributed by atoms with Crippen LogP contribution in [0.4, 0.5) is 5.69 Å². The number of aromatic nitrogens is 2. The molecule has 2 rings (SSSR count). The molecule has 0 aromatic carbocycles. The third kappa shape index (κ3) is 2.81. The molecule has 0 saturated heterocycles. The van der Waals surface area contributed by atoms with Crippen LogP contribution in [-0.2, 0) is 6.54 Å². The van der Waals surface area contributed by atoms with Crippen LogP contribution in [0.5, 0.6) is 0 Å². The third-order valence-corrected chi connectivity index (χ3v) is 3.99. The third-order valence-electron chi connectivity index (χ3n) is 2.50. The van der Waals surface area contributed by atoms with Gasteiger partial charge < -0.3 is 5.32 Å². The van der Waals surface area contributed by atoms with Gasteiger partial charge in [-0.25, -0.2) is 4.68 Å². The number of thiophene rings is 1. The van der Waals surface area contributed by atoms with Crippen LogP contribution in [0, 0.1) is 0 Å². The summed E-state index contributed by atoms with van der Waals surface area (Å²) in [6, 6.07) is 2.11. The molecule has 0 fully saturated rings. The van der Waals surface area contributed by atoms with Crippen LogP contribution in [0.2, 0.25) is 0 Å². The Balaban J connectivity index is 2.20. The zero-order chi connectivity index (χ0) is 13.1. The Hall–Kier alpha value is -1.14. The first-order valence-corrected chi connectivity index (χ1v) is 7.35. The molecule has 0 amide bonds. The van der Waals surface area contributed by atoms with Crippen LogP contribution < -0.4 is 10.9 Å². The quantitative estimate of drug-likeness (QED) is 0.937. The Bertz CT molecular complexity index is 578. The minimum atomic E-state index is -0.111. The van der Waals surface area contributed by atoms with Crippen LogP contribution in [0.15, 0.2) is 32.3 Å². The Kier molecular flexibility index (Phi) is 4.19. The van der Waals surface area contributed by atoms with Crippen molar-refractivity contribution in [2.45, 2.75) is 26.4 Å². The monoisotopic (exact) mass is 327 g/mol. The fourth-order valence-electron chi connectivity index (χ4n) is 1.53. The van der Waals surface area contributed by atoms with Crippen molar-refractivity contribution >= 4 is 33.0 Å². The molecule has 2 aromatic heterocycles. The first kappa shape index (κ1) is 13.3. The summed E-state index contributed by atoms with van der Waals surface area (Å²) >= 11 is 4.99. The SMILES string of the molecule is CC(C)n1ncc(NCc2ccsc2)c(Br)c1=O. The topological polar surface area (TPSA) is 46.9 Å². The van der Waals surface area contributed by atoms with Gasteiger partial charge in [-0.1, -0.05) is 0 Å². The van der Waals surface area contributed by atoms with E-state index in [2.05, 4.69) is 31.7 Å². The molecule has 96 valence electrons. The van der Waals surface area contributed by atoms with Gasteiger partial charge in [-0.05, 0) is 52.2 Å². The lowest BCUT2D eigenvalue weighted by atomic mass is 10.3. The number of nitrogens with zero attached hydrogens (tertiary/aromatic N) is 2. The molecule has 0 aliphatic carbocycles. The lowest BCUT2D eigenvalue weighted by molar-refractivity contribution is 0.501. The van der Waals surface area contributed by atoms with Gasteiger partial charge in [0.25, 0.3) is 5.56 Å². The van der Waals surface area contributed by atoms with Gasteiger partial charge in [-0.3, -0.25) is 4.79 Å². The molecule has 0 aliphatic rings. The first-order chi connectivity index (χ1) is 8.59. The lowest BCUT2D eigenvalue weighted by Gasteiger charge is -2.12. The van der Waals surface area contributed by atoms with Gasteiger partial charge in [0.05, 0.1) is 17.9 Å². The second-order valence-corrected chi connectivity index (χ2v) is 5.77. The molecule has 0 saturated carbocycles. The van der Waals surface area contributed by atoms with Gasteiger partial charge >= 0.3 is 0 Å². The van der Waals surface area contributed by atoms with E-state index in [-0.39, 0.29) is 11.6 Å². The summed E-state index contributed by atoms with van der Waals surface area (Å²) < 4.78 is 1.99. The molecule has 0 radical (unpaired) electrons. The predicted octanol–water partition coefficient (Wildman–Crippen LogP) is 3.26. The summed E-state index contributed by atoms with van der Waals surface area (Å²) in [6.45, 7) is 4.55. The van der Waals surface area contributed by atoms with Crippen LogP contribution in [0.25, 0.3) is 0 Å². The van der Waals surface area contributed by atoms with E-state index < -0.39 is 0 Å². The predicted molar refractivity (Wildman–Crippen MR) is 78.2 cm³/mol. The molecular formula is C12H14BrN3OS. The molecule has 0 atom stereocenters. The minimum Gasteiger partial charge on any atom is -0.379 e. The van der Waals surface area contributed by atoms with Gasteiger partial charge in [0, 0.05) is 6.54 Å². The summed E-state index contributed by atoms with van der Waals surface area (Å²) in [6.07, 6.45) is 1.68. The van der Waals surface area contributed by atoms with E-state index in [1.165, 1.54) is 10.2 Å². The molecule has 0 spiro atoms. The summed E-state index contributed by atoms with van der Waals surface area (Å²) in [7, 11) is 0. The number of hydrogen-bond acceptors (Lipinski definition) is 4. The normalized spacial score (nSPS) is 10.9. The molecule has 18 heavy (non-hydrogen) atoms. The van der Waals surface area contributed by atoms with E-state index in [0.29, 0.717) is 11.0 Å². The van der Waals surface area contributed by atoms with Crippen LogP contribution in [0.3, 0.4) is 0 Å². The van der Waals surface area contributed by atoms with Gasteiger partial charge in [0.1, 0.15) is 4.47 Å². The van der Waals surface area contributed by atoms with Crippen LogP contribution >= 0.6 is 27.3 Å². The largest absolute Gasteiger partial charge is 0.379 e. The Morgan fingerprint density at radius 2 is 2.33 bits per heavy atom. The summed E-state index contributed by atoms with van der Waals surface area (Å²) in [5.74, 6) is 0. The van der Waals surface area contributed by atoms with E-state index in [0.717, 1.165) is 5.69 Å². The number of rotatable bonds is 4. The van der Waals surface area contributed by atoms with Crippen molar-refractivity contribution in [1.29, 1.82) is 0 Å². The maximum atomic E-state index is 12.0. The maximum absolute atomic E-state index is 12.0. The van der Waals surface area contributed by atoms with Gasteiger partial charge in [-0.2, -0.15) is 16.4 Å². The zero-order valence-electron chi connectivity index (χ0n) is 10.2. The number of anilines is 1. The fourth-order valence-corrected chi connectivity index (χ4v) is 2.62. The summed E-state index contributed by atoms with van der Waals surface area (Å²) in [4.78, 5) is 12.0. The van der Waals surface area contributed by atoms with Gasteiger partial charge in [0.2, 0.25) is 0 Å². The summed E-state index contributed by atoms with van der Waals surface area (Å²) in [5, 5.41) is 11.5. The minimum absolute atomic E-state index is 0.0553. The van der Waals surface area contributed by atoms with Crippen molar-refractivity contribution in [3.05, 3.63) is 43.4 Å². The molecule has 0 unspecified atom stereocenters. The molecule has 2 heterocycles. The maximum Gasteiger partial charge on any atom is 0.283 e. The van der Waals surface area contributed by atoms with Crippen molar-refractivity contribution in [2.24, 2.45) is 0 Å². The smallest absolute Gasteiger partial charge is 0.283 e. The zero-order valence-corrected chi connectivity index (χ0v) is 12.6. The highest BCUT2D eigenvalue weighted by atomic mass is 79.9. The molecule has 1 N–H and O–H groups in total. The average molecular weight is 328 g/mol. The van der Waals surface area contributed by atoms with Crippen molar-refractivity contribution in [3.8, 4) is 0 Å². The lowest BCUT2D eigenvalue weighted by Crippen LogP contribution is -2.26. The molecule has 0 bridgehead atoms. The highest BCUT2D eigenvalue weighted by Crippen LogP contribution is 2.18. The number of hydrogen-bond donors (Lipinski definition) is 1. The van der Waals surface area contributed by atoms with E-state index in [9.17, 15) is 4.79 Å². The average Bonchev–Trinajstić information content (AvgIpc) is 2.83. The molecular weight excluding hydrogens is 314 g/mol. The van der Waals surface area contributed by atoms with Crippen molar-refractivity contribution in [3.63, 3.8) is 0 Å². The molecule has 6 heteroatoms. The van der Waals surface area contributed by atoms with Gasteiger partial charge in [-0.15, -0.1) is 0 Å². The van der Waals surface area contributed by atoms with E-state index >= 15 is 0 Å². The van der Waals surface area contributed by atoms with Crippen LogP contribution in [-0.4, -0.2) is 9.78 Å². The number of nitrogens with one attached hydrogen (secondary N) is 1. The van der Waals surface area contributed by atoms with Gasteiger partial charge in [0.15, 0.2) is 0 Å². The second-order valence-electron chi connectivity index (χ2n) is 4.20. The number of halogens is 1. The Labute approximate surface area is 118 Å². The van der Waals surface area contributed by atoms with E-state index in [1.807, 2.05) is 25.3 Å². The van der Waals surface area contributed by atoms with Crippen LogP contribution in [0.1, 0.15) is 25.5 Å². The molecule has 4 nitrogen and oxygen atoms in total. The standard InChI is InChI=1S/C12H14BrN3OS/c1-8(2)16-12(17)11(13)10(6-15-16)14-5-9-3-4-18-7-9/h3-4,6-8,14H,5H2,1-2H3. The Morgan fingerprint density at radius 1 is 1.56 bits per heavy atom. The van der Waals surface area contributed by atoms with Crippen molar-refractivity contribution < 1.29 is 0 Å². The van der Waals surface area contributed by atoms with E-state index in [4.69, 9.17) is 0 Å². The summed E-state index contributed by atoms with van der Waals surface area (Å²) in [5.41, 5.74) is 1.81. The van der Waals surface area contributed by atoms with Crippen molar-refractivity contribution in [1.82, 2.24) is 9.78 Å². The first-order valence-electron chi connectivity index (χ1n) is 5.62.